The van der Waals surface area contributed by atoms with Crippen molar-refractivity contribution in [2.45, 2.75) is 12.5 Å². The topological polar surface area (TPSA) is 24.9 Å². The van der Waals surface area contributed by atoms with Crippen LogP contribution in [0.2, 0.25) is 0 Å². The summed E-state index contributed by atoms with van der Waals surface area (Å²) in [6, 6.07) is 0. The van der Waals surface area contributed by atoms with Crippen molar-refractivity contribution < 1.29 is 9.47 Å². The largest absolute Gasteiger partial charge is 0.379 e. The second kappa shape index (κ2) is 5.80. The predicted octanol–water partition coefficient (Wildman–Crippen LogP) is 0.0393. The number of rotatable bonds is 4. The molecule has 0 aromatic carbocycles. The monoisotopic (exact) mass is 214 g/mol. The summed E-state index contributed by atoms with van der Waals surface area (Å²) in [6.45, 7) is 8.10. The molecule has 2 saturated heterocycles. The Morgan fingerprint density at radius 1 is 1.27 bits per heavy atom. The van der Waals surface area contributed by atoms with Crippen LogP contribution in [0.5, 0.6) is 0 Å². The van der Waals surface area contributed by atoms with E-state index in [9.17, 15) is 0 Å². The van der Waals surface area contributed by atoms with Crippen molar-refractivity contribution in [1.29, 1.82) is 0 Å². The lowest BCUT2D eigenvalue weighted by atomic mass is 10.3. The van der Waals surface area contributed by atoms with Crippen LogP contribution in [0.25, 0.3) is 0 Å². The second-order valence-corrected chi connectivity index (χ2v) is 4.50. The number of hydrogen-bond donors (Lipinski definition) is 0. The summed E-state index contributed by atoms with van der Waals surface area (Å²) in [5.74, 6) is 0. The lowest BCUT2D eigenvalue weighted by molar-refractivity contribution is 0.00465. The molecule has 4 heteroatoms. The molecule has 0 aromatic heterocycles. The molecule has 0 saturated carbocycles. The van der Waals surface area contributed by atoms with Crippen LogP contribution >= 0.6 is 0 Å². The number of likely N-dealkylation sites (tertiary alicyclic amines) is 1. The number of nitrogens with zero attached hydrogens (tertiary/aromatic N) is 2. The normalized spacial score (nSPS) is 29.8. The minimum absolute atomic E-state index is 0.469. The Kier molecular flexibility index (Phi) is 4.38. The molecule has 88 valence electrons. The zero-order valence-electron chi connectivity index (χ0n) is 9.65. The highest BCUT2D eigenvalue weighted by atomic mass is 16.5. The van der Waals surface area contributed by atoms with Crippen LogP contribution in [-0.4, -0.2) is 75.5 Å². The first kappa shape index (κ1) is 11.3. The molecule has 15 heavy (non-hydrogen) atoms. The summed E-state index contributed by atoms with van der Waals surface area (Å²) in [4.78, 5) is 4.75. The molecule has 2 aliphatic heterocycles. The molecule has 0 N–H and O–H groups in total. The standard InChI is InChI=1S/C11H22N2O2/c1-12-3-2-11(10-12)15-9-6-13-4-7-14-8-5-13/h11H,2-10H2,1H3. The average molecular weight is 214 g/mol. The Hall–Kier alpha value is -0.160. The molecule has 0 spiro atoms. The zero-order chi connectivity index (χ0) is 10.5. The van der Waals surface area contributed by atoms with Crippen LogP contribution in [0.15, 0.2) is 0 Å². The molecular weight excluding hydrogens is 192 g/mol. The van der Waals surface area contributed by atoms with Crippen molar-refractivity contribution in [3.63, 3.8) is 0 Å². The smallest absolute Gasteiger partial charge is 0.0714 e. The van der Waals surface area contributed by atoms with Crippen LogP contribution in [0.3, 0.4) is 0 Å². The van der Waals surface area contributed by atoms with E-state index < -0.39 is 0 Å². The van der Waals surface area contributed by atoms with Crippen molar-refractivity contribution in [2.24, 2.45) is 0 Å². The first-order chi connectivity index (χ1) is 7.34. The molecular formula is C11H22N2O2. The maximum absolute atomic E-state index is 5.85. The molecule has 0 amide bonds. The Morgan fingerprint density at radius 2 is 2.07 bits per heavy atom. The van der Waals surface area contributed by atoms with Gasteiger partial charge in [0.2, 0.25) is 0 Å². The third-order valence-corrected chi connectivity index (χ3v) is 3.21. The Balaban J connectivity index is 1.54. The average Bonchev–Trinajstić information content (AvgIpc) is 2.66. The van der Waals surface area contributed by atoms with Gasteiger partial charge >= 0.3 is 0 Å². The van der Waals surface area contributed by atoms with E-state index in [0.717, 1.165) is 46.0 Å². The summed E-state index contributed by atoms with van der Waals surface area (Å²) in [5.41, 5.74) is 0. The van der Waals surface area contributed by atoms with Gasteiger partial charge in [-0.15, -0.1) is 0 Å². The number of morpholine rings is 1. The molecule has 0 radical (unpaired) electrons. The Bertz CT molecular complexity index is 179. The first-order valence-electron chi connectivity index (χ1n) is 5.95. The molecule has 2 heterocycles. The Labute approximate surface area is 92.1 Å². The minimum atomic E-state index is 0.469. The van der Waals surface area contributed by atoms with E-state index in [1.165, 1.54) is 13.0 Å². The van der Waals surface area contributed by atoms with Crippen molar-refractivity contribution in [3.05, 3.63) is 0 Å². The van der Waals surface area contributed by atoms with Crippen LogP contribution in [-0.2, 0) is 9.47 Å². The molecule has 0 aromatic rings. The van der Waals surface area contributed by atoms with Crippen LogP contribution in [0.4, 0.5) is 0 Å². The molecule has 2 rings (SSSR count). The molecule has 1 atom stereocenters. The van der Waals surface area contributed by atoms with Gasteiger partial charge in [0.25, 0.3) is 0 Å². The lowest BCUT2D eigenvalue weighted by Gasteiger charge is -2.26. The highest BCUT2D eigenvalue weighted by Gasteiger charge is 2.20. The second-order valence-electron chi connectivity index (χ2n) is 4.50. The molecule has 2 aliphatic rings. The summed E-state index contributed by atoms with van der Waals surface area (Å²) >= 11 is 0. The number of likely N-dealkylation sites (N-methyl/N-ethyl adjacent to an activating group) is 1. The molecule has 0 bridgehead atoms. The summed E-state index contributed by atoms with van der Waals surface area (Å²) in [6.07, 6.45) is 1.66. The molecule has 1 unspecified atom stereocenters. The maximum Gasteiger partial charge on any atom is 0.0714 e. The molecule has 4 nitrogen and oxygen atoms in total. The minimum Gasteiger partial charge on any atom is -0.379 e. The van der Waals surface area contributed by atoms with E-state index in [4.69, 9.17) is 9.47 Å². The van der Waals surface area contributed by atoms with Gasteiger partial charge in [-0.2, -0.15) is 0 Å². The van der Waals surface area contributed by atoms with Crippen LogP contribution in [0.1, 0.15) is 6.42 Å². The first-order valence-corrected chi connectivity index (χ1v) is 5.95. The third-order valence-electron chi connectivity index (χ3n) is 3.21. The maximum atomic E-state index is 5.85. The van der Waals surface area contributed by atoms with Gasteiger partial charge < -0.3 is 14.4 Å². The van der Waals surface area contributed by atoms with Crippen LogP contribution in [0, 0.1) is 0 Å². The molecule has 0 aliphatic carbocycles. The summed E-state index contributed by atoms with van der Waals surface area (Å²) in [7, 11) is 2.16. The van der Waals surface area contributed by atoms with Gasteiger partial charge in [0, 0.05) is 32.7 Å². The predicted molar refractivity (Wildman–Crippen MR) is 59.1 cm³/mol. The van der Waals surface area contributed by atoms with Gasteiger partial charge in [0.05, 0.1) is 25.9 Å². The van der Waals surface area contributed by atoms with Gasteiger partial charge in [-0.3, -0.25) is 4.90 Å². The fourth-order valence-corrected chi connectivity index (χ4v) is 2.20. The zero-order valence-corrected chi connectivity index (χ0v) is 9.65. The number of ether oxygens (including phenoxy) is 2. The highest BCUT2D eigenvalue weighted by molar-refractivity contribution is 4.73. The van der Waals surface area contributed by atoms with Crippen molar-refractivity contribution in [2.75, 3.05) is 59.6 Å². The number of hydrogen-bond acceptors (Lipinski definition) is 4. The lowest BCUT2D eigenvalue weighted by Crippen LogP contribution is -2.38. The summed E-state index contributed by atoms with van der Waals surface area (Å²) < 4.78 is 11.2. The van der Waals surface area contributed by atoms with Crippen molar-refractivity contribution >= 4 is 0 Å². The van der Waals surface area contributed by atoms with E-state index in [2.05, 4.69) is 16.8 Å². The molecule has 2 fully saturated rings. The SMILES string of the molecule is CN1CCC(OCCN2CCOCC2)C1. The van der Waals surface area contributed by atoms with Crippen molar-refractivity contribution in [1.82, 2.24) is 9.80 Å². The van der Waals surface area contributed by atoms with E-state index in [0.29, 0.717) is 6.10 Å². The van der Waals surface area contributed by atoms with E-state index >= 15 is 0 Å². The quantitative estimate of drug-likeness (QED) is 0.659. The van der Waals surface area contributed by atoms with E-state index in [1.54, 1.807) is 0 Å². The van der Waals surface area contributed by atoms with Gasteiger partial charge in [-0.05, 0) is 13.5 Å². The van der Waals surface area contributed by atoms with Gasteiger partial charge in [-0.1, -0.05) is 0 Å². The van der Waals surface area contributed by atoms with Crippen molar-refractivity contribution in [3.8, 4) is 0 Å². The van der Waals surface area contributed by atoms with Gasteiger partial charge in [0.1, 0.15) is 0 Å². The van der Waals surface area contributed by atoms with E-state index in [-0.39, 0.29) is 0 Å². The van der Waals surface area contributed by atoms with E-state index in [1.807, 2.05) is 0 Å². The van der Waals surface area contributed by atoms with Gasteiger partial charge in [-0.25, -0.2) is 0 Å². The fraction of sp³-hybridized carbons (Fsp3) is 1.00. The Morgan fingerprint density at radius 3 is 2.73 bits per heavy atom. The van der Waals surface area contributed by atoms with Crippen LogP contribution < -0.4 is 0 Å². The fourth-order valence-electron chi connectivity index (χ4n) is 2.20. The highest BCUT2D eigenvalue weighted by Crippen LogP contribution is 2.10. The summed E-state index contributed by atoms with van der Waals surface area (Å²) in [5, 5.41) is 0. The third kappa shape index (κ3) is 3.72. The van der Waals surface area contributed by atoms with Gasteiger partial charge in [0.15, 0.2) is 0 Å².